The Kier molecular flexibility index (Phi) is 7.58. The fourth-order valence-electron chi connectivity index (χ4n) is 1.35. The molecule has 0 fully saturated rings. The number of rotatable bonds is 3. The van der Waals surface area contributed by atoms with Crippen molar-refractivity contribution in [1.29, 1.82) is 0 Å². The zero-order valence-corrected chi connectivity index (χ0v) is 14.4. The van der Waals surface area contributed by atoms with E-state index in [9.17, 15) is 4.79 Å². The van der Waals surface area contributed by atoms with E-state index in [2.05, 4.69) is 46.7 Å². The van der Waals surface area contributed by atoms with Crippen LogP contribution >= 0.6 is 31.9 Å². The second-order valence-electron chi connectivity index (χ2n) is 4.22. The topological polar surface area (TPSA) is 46.1 Å². The number of aromatic nitrogens is 2. The number of halogens is 2. The van der Waals surface area contributed by atoms with Crippen LogP contribution in [0.25, 0.3) is 0 Å². The second kappa shape index (κ2) is 8.94. The first kappa shape index (κ1) is 16.9. The van der Waals surface area contributed by atoms with Crippen LogP contribution in [-0.4, -0.2) is 35.2 Å². The summed E-state index contributed by atoms with van der Waals surface area (Å²) in [6.45, 7) is 0.948. The molecule has 0 atom stereocenters. The highest BCUT2D eigenvalue weighted by atomic mass is 79.9. The first-order valence-electron chi connectivity index (χ1n) is 5.82. The third kappa shape index (κ3) is 5.90. The van der Waals surface area contributed by atoms with Crippen LogP contribution in [0, 0.1) is 0 Å². The number of carbonyl (C=O) groups excluding carboxylic acids is 1. The van der Waals surface area contributed by atoms with Gasteiger partial charge in [0.05, 0.1) is 0 Å². The van der Waals surface area contributed by atoms with Gasteiger partial charge < -0.3 is 4.90 Å². The Morgan fingerprint density at radius 3 is 2.15 bits per heavy atom. The maximum absolute atomic E-state index is 10.2. The van der Waals surface area contributed by atoms with Crippen molar-refractivity contribution in [2.75, 3.05) is 14.1 Å². The van der Waals surface area contributed by atoms with Crippen molar-refractivity contribution in [1.82, 2.24) is 14.9 Å². The summed E-state index contributed by atoms with van der Waals surface area (Å²) in [7, 11) is 4.10. The van der Waals surface area contributed by atoms with Gasteiger partial charge in [-0.15, -0.1) is 0 Å². The van der Waals surface area contributed by atoms with E-state index in [1.54, 1.807) is 18.5 Å². The predicted molar refractivity (Wildman–Crippen MR) is 86.7 cm³/mol. The van der Waals surface area contributed by atoms with Crippen LogP contribution in [0.5, 0.6) is 0 Å². The molecule has 2 heterocycles. The van der Waals surface area contributed by atoms with E-state index in [4.69, 9.17) is 0 Å². The largest absolute Gasteiger partial charge is 0.305 e. The summed E-state index contributed by atoms with van der Waals surface area (Å²) in [6.07, 6.45) is 7.58. The van der Waals surface area contributed by atoms with E-state index < -0.39 is 0 Å². The highest BCUT2D eigenvalue weighted by molar-refractivity contribution is 9.10. The standard InChI is InChI=1S/C8H11BrN2.C6H4BrNO/c1-11(2)6-7-3-4-10-5-8(7)9;7-6-3-8-2-1-5(6)4-9/h3-5H,6H2,1-2H3;1-4H. The summed E-state index contributed by atoms with van der Waals surface area (Å²) in [5.74, 6) is 0. The van der Waals surface area contributed by atoms with Gasteiger partial charge in [0.25, 0.3) is 0 Å². The maximum Gasteiger partial charge on any atom is 0.151 e. The zero-order valence-electron chi connectivity index (χ0n) is 11.3. The Balaban J connectivity index is 0.000000204. The van der Waals surface area contributed by atoms with Gasteiger partial charge in [0.15, 0.2) is 6.29 Å². The number of carbonyl (C=O) groups is 1. The number of pyridine rings is 2. The molecule has 2 aromatic heterocycles. The molecular formula is C14H15Br2N3O. The van der Waals surface area contributed by atoms with Gasteiger partial charge in [0, 0.05) is 45.8 Å². The van der Waals surface area contributed by atoms with Gasteiger partial charge in [-0.3, -0.25) is 14.8 Å². The number of aldehydes is 1. The van der Waals surface area contributed by atoms with Gasteiger partial charge >= 0.3 is 0 Å². The van der Waals surface area contributed by atoms with Crippen LogP contribution in [0.1, 0.15) is 15.9 Å². The summed E-state index contributed by atoms with van der Waals surface area (Å²) in [4.78, 5) is 20.1. The summed E-state index contributed by atoms with van der Waals surface area (Å²) < 4.78 is 1.81. The molecule has 0 bridgehead atoms. The second-order valence-corrected chi connectivity index (χ2v) is 5.93. The molecule has 6 heteroatoms. The van der Waals surface area contributed by atoms with Gasteiger partial charge in [-0.1, -0.05) is 0 Å². The van der Waals surface area contributed by atoms with Crippen molar-refractivity contribution < 1.29 is 4.79 Å². The lowest BCUT2D eigenvalue weighted by molar-refractivity contribution is 0.112. The Bertz CT molecular complexity index is 562. The lowest BCUT2D eigenvalue weighted by atomic mass is 10.2. The minimum atomic E-state index is 0.630. The minimum Gasteiger partial charge on any atom is -0.305 e. The first-order chi connectivity index (χ1) is 9.54. The lowest BCUT2D eigenvalue weighted by Crippen LogP contribution is -2.10. The smallest absolute Gasteiger partial charge is 0.151 e. The molecule has 20 heavy (non-hydrogen) atoms. The molecule has 2 rings (SSSR count). The maximum atomic E-state index is 10.2. The quantitative estimate of drug-likeness (QED) is 0.739. The first-order valence-corrected chi connectivity index (χ1v) is 7.41. The molecular weight excluding hydrogens is 386 g/mol. The van der Waals surface area contributed by atoms with E-state index in [0.29, 0.717) is 5.56 Å². The van der Waals surface area contributed by atoms with E-state index in [1.807, 2.05) is 32.6 Å². The summed E-state index contributed by atoms with van der Waals surface area (Å²) in [5.41, 5.74) is 1.90. The fourth-order valence-corrected chi connectivity index (χ4v) is 2.07. The van der Waals surface area contributed by atoms with Gasteiger partial charge in [0.2, 0.25) is 0 Å². The Hall–Kier alpha value is -1.11. The van der Waals surface area contributed by atoms with Crippen LogP contribution in [0.4, 0.5) is 0 Å². The summed E-state index contributed by atoms with van der Waals surface area (Å²) >= 11 is 6.60. The SMILES string of the molecule is CN(C)Cc1ccncc1Br.O=Cc1ccncc1Br. The van der Waals surface area contributed by atoms with Crippen LogP contribution in [0.2, 0.25) is 0 Å². The molecule has 0 aromatic carbocycles. The number of nitrogens with zero attached hydrogens (tertiary/aromatic N) is 3. The van der Waals surface area contributed by atoms with Gasteiger partial charge in [-0.2, -0.15) is 0 Å². The molecule has 2 aromatic rings. The average Bonchev–Trinajstić information content (AvgIpc) is 2.42. The van der Waals surface area contributed by atoms with Crippen molar-refractivity contribution in [3.63, 3.8) is 0 Å². The molecule has 0 amide bonds. The molecule has 0 saturated carbocycles. The van der Waals surface area contributed by atoms with Gasteiger partial charge in [-0.25, -0.2) is 0 Å². The number of hydrogen-bond acceptors (Lipinski definition) is 4. The molecule has 0 aliphatic rings. The predicted octanol–water partition coefficient (Wildman–Crippen LogP) is 3.56. The Morgan fingerprint density at radius 1 is 1.10 bits per heavy atom. The summed E-state index contributed by atoms with van der Waals surface area (Å²) in [6, 6.07) is 3.67. The van der Waals surface area contributed by atoms with Crippen molar-refractivity contribution >= 4 is 38.1 Å². The third-order valence-electron chi connectivity index (χ3n) is 2.27. The highest BCUT2D eigenvalue weighted by Crippen LogP contribution is 2.15. The van der Waals surface area contributed by atoms with Gasteiger partial charge in [-0.05, 0) is 63.7 Å². The third-order valence-corrected chi connectivity index (χ3v) is 3.65. The minimum absolute atomic E-state index is 0.630. The van der Waals surface area contributed by atoms with Crippen LogP contribution < -0.4 is 0 Å². The van der Waals surface area contributed by atoms with Crippen LogP contribution in [0.15, 0.2) is 45.9 Å². The molecule has 4 nitrogen and oxygen atoms in total. The molecule has 0 radical (unpaired) electrons. The van der Waals surface area contributed by atoms with Crippen molar-refractivity contribution in [3.05, 3.63) is 57.0 Å². The van der Waals surface area contributed by atoms with Crippen molar-refractivity contribution in [2.24, 2.45) is 0 Å². The highest BCUT2D eigenvalue weighted by Gasteiger charge is 1.98. The normalized spacial score (nSPS) is 9.85. The Morgan fingerprint density at radius 2 is 1.70 bits per heavy atom. The fraction of sp³-hybridized carbons (Fsp3) is 0.214. The molecule has 0 aliphatic carbocycles. The molecule has 106 valence electrons. The van der Waals surface area contributed by atoms with Crippen LogP contribution in [-0.2, 0) is 6.54 Å². The van der Waals surface area contributed by atoms with Crippen molar-refractivity contribution in [3.8, 4) is 0 Å². The molecule has 0 spiro atoms. The summed E-state index contributed by atoms with van der Waals surface area (Å²) in [5, 5.41) is 0. The molecule has 0 saturated heterocycles. The molecule has 0 aliphatic heterocycles. The van der Waals surface area contributed by atoms with E-state index >= 15 is 0 Å². The zero-order chi connectivity index (χ0) is 15.0. The van der Waals surface area contributed by atoms with Crippen LogP contribution in [0.3, 0.4) is 0 Å². The monoisotopic (exact) mass is 399 g/mol. The molecule has 0 N–H and O–H groups in total. The van der Waals surface area contributed by atoms with E-state index in [0.717, 1.165) is 21.8 Å². The number of hydrogen-bond donors (Lipinski definition) is 0. The van der Waals surface area contributed by atoms with Gasteiger partial charge in [0.1, 0.15) is 0 Å². The molecule has 0 unspecified atom stereocenters. The lowest BCUT2D eigenvalue weighted by Gasteiger charge is -2.09. The Labute approximate surface area is 135 Å². The van der Waals surface area contributed by atoms with Crippen molar-refractivity contribution in [2.45, 2.75) is 6.54 Å². The average molecular weight is 401 g/mol. The van der Waals surface area contributed by atoms with E-state index in [1.165, 1.54) is 5.56 Å². The van der Waals surface area contributed by atoms with E-state index in [-0.39, 0.29) is 0 Å².